The second kappa shape index (κ2) is 9.47. The van der Waals surface area contributed by atoms with E-state index in [1.807, 2.05) is 6.07 Å². The summed E-state index contributed by atoms with van der Waals surface area (Å²) in [5.74, 6) is 5.79. The van der Waals surface area contributed by atoms with Gasteiger partial charge in [-0.05, 0) is 48.7 Å². The molecule has 0 aliphatic carbocycles. The van der Waals surface area contributed by atoms with Crippen LogP contribution in [0.15, 0.2) is 64.1 Å². The number of aromatic nitrogens is 3. The predicted molar refractivity (Wildman–Crippen MR) is 141 cm³/mol. The smallest absolute Gasteiger partial charge is 0.345 e. The Labute approximate surface area is 219 Å². The highest BCUT2D eigenvalue weighted by molar-refractivity contribution is 7.12. The maximum atomic E-state index is 13.3. The molecule has 1 aliphatic rings. The molecule has 0 bridgehead atoms. The zero-order valence-electron chi connectivity index (χ0n) is 18.6. The average molecular weight is 543 g/mol. The first kappa shape index (κ1) is 24.1. The highest BCUT2D eigenvalue weighted by Crippen LogP contribution is 2.36. The third-order valence-corrected chi connectivity index (χ3v) is 7.23. The van der Waals surface area contributed by atoms with Gasteiger partial charge in [-0.2, -0.15) is 0 Å². The van der Waals surface area contributed by atoms with E-state index in [9.17, 15) is 14.7 Å². The molecule has 0 radical (unpaired) electrons. The summed E-state index contributed by atoms with van der Waals surface area (Å²) in [7, 11) is 0. The lowest BCUT2D eigenvalue weighted by molar-refractivity contribution is 0.0702. The van der Waals surface area contributed by atoms with Crippen LogP contribution < -0.4 is 22.1 Å². The largest absolute Gasteiger partial charge is 0.477 e. The number of pyridine rings is 1. The van der Waals surface area contributed by atoms with Crippen LogP contribution in [-0.2, 0) is 6.42 Å². The molecular weight excluding hydrogens is 523 g/mol. The Morgan fingerprint density at radius 3 is 2.81 bits per heavy atom. The number of thiophene rings is 1. The van der Waals surface area contributed by atoms with Crippen LogP contribution in [-0.4, -0.2) is 25.6 Å². The number of carboxylic acid groups (broad SMARTS) is 1. The summed E-state index contributed by atoms with van der Waals surface area (Å²) < 4.78 is 1.73. The molecule has 6 N–H and O–H groups in total. The maximum Gasteiger partial charge on any atom is 0.345 e. The monoisotopic (exact) mass is 542 g/mol. The Hall–Kier alpha value is -3.57. The van der Waals surface area contributed by atoms with Crippen molar-refractivity contribution < 1.29 is 9.90 Å². The summed E-state index contributed by atoms with van der Waals surface area (Å²) in [6, 6.07) is 9.97. The third kappa shape index (κ3) is 4.51. The van der Waals surface area contributed by atoms with Crippen molar-refractivity contribution in [2.45, 2.75) is 18.9 Å². The first-order valence-electron chi connectivity index (χ1n) is 10.8. The van der Waals surface area contributed by atoms with E-state index >= 15 is 0 Å². The Morgan fingerprint density at radius 2 is 2.08 bits per heavy atom. The van der Waals surface area contributed by atoms with Gasteiger partial charge in [0.2, 0.25) is 0 Å². The molecule has 184 valence electrons. The van der Waals surface area contributed by atoms with Crippen molar-refractivity contribution >= 4 is 46.2 Å². The number of H-pyrrole nitrogens is 1. The number of aryl methyl sites for hydroxylation is 1. The van der Waals surface area contributed by atoms with Gasteiger partial charge in [0.25, 0.3) is 5.56 Å². The van der Waals surface area contributed by atoms with Crippen LogP contribution in [0.1, 0.15) is 33.7 Å². The molecule has 0 amide bonds. The van der Waals surface area contributed by atoms with Crippen LogP contribution in [0.4, 0.5) is 5.69 Å². The summed E-state index contributed by atoms with van der Waals surface area (Å²) in [4.78, 5) is 32.5. The van der Waals surface area contributed by atoms with E-state index in [1.54, 1.807) is 46.5 Å². The number of hydrogen-bond donors (Lipinski definition) is 4. The number of halogens is 2. The van der Waals surface area contributed by atoms with E-state index in [2.05, 4.69) is 9.97 Å². The maximum absolute atomic E-state index is 13.3. The van der Waals surface area contributed by atoms with Crippen LogP contribution in [0.5, 0.6) is 0 Å². The standard InChI is InChI=1S/C24H20Cl2N6O3S/c25-14-1-3-18(31(28)10-21(26)27)16(8-14)12-5-15-2-4-19(32(15)22(33)7-12)23-29-9-17(30-23)13-6-20(24(34)35)36-11-13/h1,3,5-11,19H,2,4,27-28H2,(H,29,30)(H,34,35)/b21-10-. The normalized spacial score (nSPS) is 15.2. The van der Waals surface area contributed by atoms with Crippen LogP contribution >= 0.6 is 34.5 Å². The Bertz CT molecular complexity index is 1570. The molecule has 1 aromatic carbocycles. The molecule has 0 saturated heterocycles. The van der Waals surface area contributed by atoms with Gasteiger partial charge in [-0.3, -0.25) is 9.80 Å². The summed E-state index contributed by atoms with van der Waals surface area (Å²) >= 11 is 13.2. The molecule has 12 heteroatoms. The minimum Gasteiger partial charge on any atom is -0.477 e. The second-order valence-corrected chi connectivity index (χ2v) is 10.1. The van der Waals surface area contributed by atoms with Gasteiger partial charge < -0.3 is 20.4 Å². The van der Waals surface area contributed by atoms with Gasteiger partial charge in [-0.25, -0.2) is 15.6 Å². The molecule has 1 atom stereocenters. The fourth-order valence-electron chi connectivity index (χ4n) is 4.42. The SMILES string of the molecule is N/C(Cl)=C\N(N)c1ccc(Cl)cc1-c1cc2n(c(=O)c1)C(c1ncc(-c3csc(C(=O)O)c3)[nH]1)CC2. The van der Waals surface area contributed by atoms with Crippen molar-refractivity contribution in [2.24, 2.45) is 11.6 Å². The van der Waals surface area contributed by atoms with E-state index in [-0.39, 0.29) is 21.6 Å². The molecule has 0 spiro atoms. The predicted octanol–water partition coefficient (Wildman–Crippen LogP) is 4.53. The third-order valence-electron chi connectivity index (χ3n) is 5.98. The zero-order valence-corrected chi connectivity index (χ0v) is 20.9. The van der Waals surface area contributed by atoms with Gasteiger partial charge in [0.1, 0.15) is 15.9 Å². The fraction of sp³-hybridized carbons (Fsp3) is 0.125. The number of rotatable bonds is 6. The molecule has 3 aromatic heterocycles. The number of carbonyl (C=O) groups is 1. The highest BCUT2D eigenvalue weighted by atomic mass is 35.5. The van der Waals surface area contributed by atoms with Crippen molar-refractivity contribution in [3.05, 3.63) is 91.1 Å². The van der Waals surface area contributed by atoms with E-state index in [0.717, 1.165) is 22.6 Å². The Morgan fingerprint density at radius 1 is 1.28 bits per heavy atom. The number of nitrogens with two attached hydrogens (primary N) is 2. The molecule has 5 rings (SSSR count). The van der Waals surface area contributed by atoms with Crippen molar-refractivity contribution in [1.29, 1.82) is 0 Å². The van der Waals surface area contributed by atoms with Gasteiger partial charge in [-0.15, -0.1) is 11.3 Å². The van der Waals surface area contributed by atoms with Gasteiger partial charge in [-0.1, -0.05) is 23.2 Å². The van der Waals surface area contributed by atoms with E-state index < -0.39 is 5.97 Å². The molecular formula is C24H20Cl2N6O3S. The molecule has 1 unspecified atom stereocenters. The topological polar surface area (TPSA) is 143 Å². The Kier molecular flexibility index (Phi) is 6.35. The molecule has 1 aliphatic heterocycles. The Balaban J connectivity index is 1.50. The van der Waals surface area contributed by atoms with Crippen LogP contribution in [0, 0.1) is 0 Å². The lowest BCUT2D eigenvalue weighted by Gasteiger charge is -2.19. The molecule has 0 saturated carbocycles. The van der Waals surface area contributed by atoms with Crippen LogP contribution in [0.25, 0.3) is 22.4 Å². The zero-order chi connectivity index (χ0) is 25.6. The summed E-state index contributed by atoms with van der Waals surface area (Å²) in [6.45, 7) is 0. The van der Waals surface area contributed by atoms with Crippen molar-refractivity contribution in [1.82, 2.24) is 14.5 Å². The van der Waals surface area contributed by atoms with Crippen LogP contribution in [0.2, 0.25) is 5.02 Å². The number of hydrogen-bond acceptors (Lipinski definition) is 7. The second-order valence-electron chi connectivity index (χ2n) is 8.27. The van der Waals surface area contributed by atoms with Gasteiger partial charge in [0, 0.05) is 33.3 Å². The molecule has 0 fully saturated rings. The van der Waals surface area contributed by atoms with Crippen molar-refractivity contribution in [3.63, 3.8) is 0 Å². The first-order chi connectivity index (χ1) is 17.2. The number of aromatic amines is 1. The number of benzene rings is 1. The lowest BCUT2D eigenvalue weighted by atomic mass is 10.0. The van der Waals surface area contributed by atoms with Gasteiger partial charge in [0.05, 0.1) is 29.8 Å². The minimum absolute atomic E-state index is 0.00900. The van der Waals surface area contributed by atoms with Crippen molar-refractivity contribution in [3.8, 4) is 22.4 Å². The minimum atomic E-state index is -0.971. The number of carboxylic acids is 1. The number of imidazole rings is 1. The van der Waals surface area contributed by atoms with E-state index in [0.29, 0.717) is 46.2 Å². The molecule has 9 nitrogen and oxygen atoms in total. The lowest BCUT2D eigenvalue weighted by Crippen LogP contribution is -2.26. The molecule has 36 heavy (non-hydrogen) atoms. The van der Waals surface area contributed by atoms with Crippen LogP contribution in [0.3, 0.4) is 0 Å². The average Bonchev–Trinajstić information content (AvgIpc) is 3.57. The number of fused-ring (bicyclic) bond motifs is 1. The number of nitrogens with zero attached hydrogens (tertiary/aromatic N) is 3. The van der Waals surface area contributed by atoms with E-state index in [1.165, 1.54) is 11.2 Å². The summed E-state index contributed by atoms with van der Waals surface area (Å²) in [5, 5.41) is 12.7. The first-order valence-corrected chi connectivity index (χ1v) is 12.4. The number of anilines is 1. The van der Waals surface area contributed by atoms with Gasteiger partial charge >= 0.3 is 5.97 Å². The van der Waals surface area contributed by atoms with Gasteiger partial charge in [0.15, 0.2) is 0 Å². The van der Waals surface area contributed by atoms with Crippen molar-refractivity contribution in [2.75, 3.05) is 5.01 Å². The number of hydrazine groups is 1. The highest BCUT2D eigenvalue weighted by Gasteiger charge is 2.28. The number of nitrogens with one attached hydrogen (secondary N) is 1. The summed E-state index contributed by atoms with van der Waals surface area (Å²) in [5.41, 5.74) is 9.57. The summed E-state index contributed by atoms with van der Waals surface area (Å²) in [6.07, 6.45) is 4.38. The quantitative estimate of drug-likeness (QED) is 0.159. The van der Waals surface area contributed by atoms with E-state index in [4.69, 9.17) is 34.8 Å². The number of aromatic carboxylic acids is 1. The molecule has 4 heterocycles. The fourth-order valence-corrected chi connectivity index (χ4v) is 5.44. The molecule has 4 aromatic rings.